The number of H-pyrrole nitrogens is 2. The first-order valence-corrected chi connectivity index (χ1v) is 11.9. The highest BCUT2D eigenvalue weighted by atomic mass is 16.6. The van der Waals surface area contributed by atoms with Crippen molar-refractivity contribution in [2.75, 3.05) is 30.0 Å². The van der Waals surface area contributed by atoms with Crippen molar-refractivity contribution in [2.45, 2.75) is 26.7 Å². The van der Waals surface area contributed by atoms with Crippen LogP contribution in [0.25, 0.3) is 0 Å². The summed E-state index contributed by atoms with van der Waals surface area (Å²) < 4.78 is 5.10. The summed E-state index contributed by atoms with van der Waals surface area (Å²) in [5, 5.41) is 6.16. The van der Waals surface area contributed by atoms with Crippen molar-refractivity contribution in [1.82, 2.24) is 10.2 Å². The SMILES string of the molecule is Cc1cccc(Cc2ccc(C(=O)N(C)c3ccc(N4CCCOC4=O)cc3)c(=O)cc(C)[nH][nH]2)c1. The van der Waals surface area contributed by atoms with Crippen molar-refractivity contribution in [1.29, 1.82) is 0 Å². The third-order valence-corrected chi connectivity index (χ3v) is 6.02. The van der Waals surface area contributed by atoms with Crippen LogP contribution >= 0.6 is 0 Å². The number of cyclic esters (lactones) is 1. The molecule has 2 aromatic carbocycles. The zero-order valence-corrected chi connectivity index (χ0v) is 20.7. The second kappa shape index (κ2) is 10.9. The van der Waals surface area contributed by atoms with E-state index in [1.54, 1.807) is 55.3 Å². The maximum atomic E-state index is 13.4. The van der Waals surface area contributed by atoms with Gasteiger partial charge in [0.05, 0.1) is 12.2 Å². The first-order valence-electron chi connectivity index (χ1n) is 11.9. The predicted molar refractivity (Wildman–Crippen MR) is 140 cm³/mol. The van der Waals surface area contributed by atoms with Gasteiger partial charge in [0, 0.05) is 48.8 Å². The van der Waals surface area contributed by atoms with Gasteiger partial charge in [0.2, 0.25) is 0 Å². The number of aromatic amines is 2. The van der Waals surface area contributed by atoms with E-state index >= 15 is 0 Å². The summed E-state index contributed by atoms with van der Waals surface area (Å²) in [4.78, 5) is 41.4. The number of nitrogens with zero attached hydrogens (tertiary/aromatic N) is 2. The summed E-state index contributed by atoms with van der Waals surface area (Å²) in [5.41, 5.74) is 4.63. The Morgan fingerprint density at radius 2 is 1.78 bits per heavy atom. The molecule has 2 heterocycles. The molecule has 1 aliphatic rings. The Balaban J connectivity index is 1.62. The number of benzene rings is 2. The lowest BCUT2D eigenvalue weighted by Gasteiger charge is -2.27. The molecule has 1 aliphatic heterocycles. The molecule has 186 valence electrons. The third kappa shape index (κ3) is 5.83. The van der Waals surface area contributed by atoms with Crippen LogP contribution in [0.15, 0.2) is 71.5 Å². The number of hydrogen-bond acceptors (Lipinski definition) is 4. The number of anilines is 2. The largest absolute Gasteiger partial charge is 0.449 e. The van der Waals surface area contributed by atoms with E-state index in [1.165, 1.54) is 11.0 Å². The van der Waals surface area contributed by atoms with Gasteiger partial charge < -0.3 is 19.8 Å². The Labute approximate surface area is 209 Å². The minimum absolute atomic E-state index is 0.0489. The number of hydrogen-bond donors (Lipinski definition) is 2. The molecule has 0 radical (unpaired) electrons. The minimum atomic E-state index is -0.428. The van der Waals surface area contributed by atoms with E-state index in [9.17, 15) is 14.4 Å². The van der Waals surface area contributed by atoms with Gasteiger partial charge in [-0.25, -0.2) is 4.79 Å². The number of carbonyl (C=O) groups is 2. The number of carbonyl (C=O) groups excluding carboxylic acids is 2. The predicted octanol–water partition coefficient (Wildman–Crippen LogP) is 4.66. The summed E-state index contributed by atoms with van der Waals surface area (Å²) >= 11 is 0. The minimum Gasteiger partial charge on any atom is -0.449 e. The number of ether oxygens (including phenoxy) is 1. The first-order chi connectivity index (χ1) is 17.3. The highest BCUT2D eigenvalue weighted by molar-refractivity contribution is 6.05. The van der Waals surface area contributed by atoms with Crippen molar-refractivity contribution in [3.05, 3.63) is 105 Å². The molecule has 2 amide bonds. The van der Waals surface area contributed by atoms with Gasteiger partial charge in [0.25, 0.3) is 5.91 Å². The maximum Gasteiger partial charge on any atom is 0.414 e. The molecule has 8 heteroatoms. The van der Waals surface area contributed by atoms with Crippen molar-refractivity contribution >= 4 is 23.4 Å². The molecule has 0 spiro atoms. The average molecular weight is 487 g/mol. The van der Waals surface area contributed by atoms with E-state index in [4.69, 9.17) is 4.74 Å². The van der Waals surface area contributed by atoms with E-state index in [0.717, 1.165) is 23.2 Å². The zero-order chi connectivity index (χ0) is 25.7. The lowest BCUT2D eigenvalue weighted by Crippen LogP contribution is -2.37. The molecule has 0 saturated carbocycles. The third-order valence-electron chi connectivity index (χ3n) is 6.02. The monoisotopic (exact) mass is 486 g/mol. The van der Waals surface area contributed by atoms with Gasteiger partial charge in [-0.05, 0) is 62.2 Å². The van der Waals surface area contributed by atoms with Crippen molar-refractivity contribution in [3.8, 4) is 0 Å². The van der Waals surface area contributed by atoms with Crippen molar-refractivity contribution in [2.24, 2.45) is 0 Å². The lowest BCUT2D eigenvalue weighted by atomic mass is 10.1. The number of rotatable bonds is 5. The molecule has 2 N–H and O–H groups in total. The standard InChI is InChI=1S/C28H30N4O4/c1-19-6-4-7-21(16-19)18-22-8-13-25(26(33)17-20(2)29-30-22)27(34)31(3)23-9-11-24(12-10-23)32-14-5-15-36-28(32)35/h4,6-13,16-17,29-30H,5,14-15,18H2,1-3H3. The Hall–Kier alpha value is -4.33. The topological polar surface area (TPSA) is 98.5 Å². The van der Waals surface area contributed by atoms with Crippen LogP contribution in [0.3, 0.4) is 0 Å². The van der Waals surface area contributed by atoms with Crippen LogP contribution in [0, 0.1) is 13.8 Å². The second-order valence-electron chi connectivity index (χ2n) is 8.88. The molecule has 8 nitrogen and oxygen atoms in total. The normalized spacial score (nSPS) is 13.1. The highest BCUT2D eigenvalue weighted by Crippen LogP contribution is 2.23. The van der Waals surface area contributed by atoms with Crippen LogP contribution < -0.4 is 15.2 Å². The molecule has 1 saturated heterocycles. The Morgan fingerprint density at radius 1 is 1.00 bits per heavy atom. The molecule has 4 rings (SSSR count). The first kappa shape index (κ1) is 24.8. The molecule has 0 aliphatic carbocycles. The number of aromatic nitrogens is 2. The number of amides is 2. The fourth-order valence-electron chi connectivity index (χ4n) is 4.06. The van der Waals surface area contributed by atoms with Gasteiger partial charge in [-0.2, -0.15) is 0 Å². The molecular formula is C28H30N4O4. The highest BCUT2D eigenvalue weighted by Gasteiger charge is 2.22. The Morgan fingerprint density at radius 3 is 2.50 bits per heavy atom. The van der Waals surface area contributed by atoms with Crippen LogP contribution in [-0.2, 0) is 11.2 Å². The maximum absolute atomic E-state index is 13.4. The summed E-state index contributed by atoms with van der Waals surface area (Å²) in [5.74, 6) is -0.428. The zero-order valence-electron chi connectivity index (χ0n) is 20.7. The van der Waals surface area contributed by atoms with E-state index in [2.05, 4.69) is 16.3 Å². The molecule has 0 bridgehead atoms. The molecule has 3 aromatic rings. The van der Waals surface area contributed by atoms with E-state index < -0.39 is 5.91 Å². The number of aryl methyl sites for hydroxylation is 2. The van der Waals surface area contributed by atoms with Gasteiger partial charge in [-0.1, -0.05) is 29.8 Å². The summed E-state index contributed by atoms with van der Waals surface area (Å²) in [7, 11) is 1.62. The summed E-state index contributed by atoms with van der Waals surface area (Å²) in [6, 6.07) is 19.9. The van der Waals surface area contributed by atoms with Crippen LogP contribution in [0.1, 0.15) is 39.3 Å². The van der Waals surface area contributed by atoms with E-state index in [1.807, 2.05) is 25.1 Å². The fourth-order valence-corrected chi connectivity index (χ4v) is 4.06. The van der Waals surface area contributed by atoms with E-state index in [-0.39, 0.29) is 17.1 Å². The quantitative estimate of drug-likeness (QED) is 0.548. The molecule has 1 fully saturated rings. The molecule has 0 atom stereocenters. The van der Waals surface area contributed by atoms with Crippen LogP contribution in [0.4, 0.5) is 16.2 Å². The van der Waals surface area contributed by atoms with Gasteiger partial charge in [0.15, 0.2) is 5.43 Å². The van der Waals surface area contributed by atoms with Crippen molar-refractivity contribution < 1.29 is 14.3 Å². The summed E-state index contributed by atoms with van der Waals surface area (Å²) in [6.45, 7) is 4.80. The van der Waals surface area contributed by atoms with Gasteiger partial charge in [-0.3, -0.25) is 14.5 Å². The second-order valence-corrected chi connectivity index (χ2v) is 8.88. The number of nitrogens with one attached hydrogen (secondary N) is 2. The Kier molecular flexibility index (Phi) is 7.53. The fraction of sp³-hybridized carbons (Fsp3) is 0.250. The van der Waals surface area contributed by atoms with Gasteiger partial charge >= 0.3 is 6.09 Å². The van der Waals surface area contributed by atoms with Gasteiger partial charge in [0.1, 0.15) is 0 Å². The van der Waals surface area contributed by atoms with Crippen LogP contribution in [0.2, 0.25) is 0 Å². The lowest BCUT2D eigenvalue weighted by molar-refractivity contribution is 0.0992. The van der Waals surface area contributed by atoms with E-state index in [0.29, 0.717) is 36.6 Å². The average Bonchev–Trinajstić information content (AvgIpc) is 2.93. The molecular weight excluding hydrogens is 456 g/mol. The molecule has 1 aromatic heterocycles. The Bertz CT molecular complexity index is 1370. The molecule has 36 heavy (non-hydrogen) atoms. The van der Waals surface area contributed by atoms with Crippen molar-refractivity contribution in [3.63, 3.8) is 0 Å². The smallest absolute Gasteiger partial charge is 0.414 e. The van der Waals surface area contributed by atoms with Crippen LogP contribution in [-0.4, -0.2) is 42.4 Å². The molecule has 0 unspecified atom stereocenters. The van der Waals surface area contributed by atoms with Gasteiger partial charge in [-0.15, -0.1) is 0 Å². The summed E-state index contributed by atoms with van der Waals surface area (Å²) in [6.07, 6.45) is 0.986. The van der Waals surface area contributed by atoms with Crippen LogP contribution in [0.5, 0.6) is 0 Å².